The number of aryl methyl sites for hydroxylation is 1. The Morgan fingerprint density at radius 1 is 1.14 bits per heavy atom. The fourth-order valence-electron chi connectivity index (χ4n) is 5.79. The minimum atomic E-state index is -0.702. The topological polar surface area (TPSA) is 116 Å². The van der Waals surface area contributed by atoms with Crippen LogP contribution in [0.5, 0.6) is 5.88 Å². The van der Waals surface area contributed by atoms with Crippen LogP contribution in [0.15, 0.2) is 29.6 Å². The summed E-state index contributed by atoms with van der Waals surface area (Å²) in [5, 5.41) is 4.45. The molecule has 2 aromatic rings. The number of aromatic nitrogens is 4. The van der Waals surface area contributed by atoms with Gasteiger partial charge in [-0.15, -0.1) is 0 Å². The van der Waals surface area contributed by atoms with E-state index in [9.17, 15) is 9.59 Å². The van der Waals surface area contributed by atoms with Crippen molar-refractivity contribution in [2.75, 3.05) is 20.2 Å². The predicted octanol–water partition coefficient (Wildman–Crippen LogP) is 3.06. The molecular weight excluding hydrogens is 444 g/mol. The first-order valence-electron chi connectivity index (χ1n) is 12.7. The predicted molar refractivity (Wildman–Crippen MR) is 131 cm³/mol. The molecule has 35 heavy (non-hydrogen) atoms. The molecule has 3 heterocycles. The third-order valence-corrected chi connectivity index (χ3v) is 7.91. The van der Waals surface area contributed by atoms with Crippen molar-refractivity contribution in [1.29, 1.82) is 0 Å². The summed E-state index contributed by atoms with van der Waals surface area (Å²) in [7, 11) is 3.92. The van der Waals surface area contributed by atoms with Gasteiger partial charge in [0.2, 0.25) is 17.5 Å². The van der Waals surface area contributed by atoms with Crippen LogP contribution in [0.3, 0.4) is 0 Å². The van der Waals surface area contributed by atoms with Crippen molar-refractivity contribution in [1.82, 2.24) is 24.6 Å². The molecule has 0 aromatic carbocycles. The molecule has 2 fully saturated rings. The lowest BCUT2D eigenvalue weighted by Gasteiger charge is -2.40. The average molecular weight is 479 g/mol. The zero-order valence-corrected chi connectivity index (χ0v) is 20.6. The number of hydrogen-bond acceptors (Lipinski definition) is 8. The molecule has 2 atom stereocenters. The summed E-state index contributed by atoms with van der Waals surface area (Å²) in [6.45, 7) is 1.54. The number of rotatable bonds is 6. The van der Waals surface area contributed by atoms with Gasteiger partial charge in [0.1, 0.15) is 18.1 Å². The number of allylic oxidation sites excluding steroid dienone is 2. The molecule has 2 N–H and O–H groups in total. The summed E-state index contributed by atoms with van der Waals surface area (Å²) >= 11 is 0. The minimum absolute atomic E-state index is 0.0428. The van der Waals surface area contributed by atoms with Crippen LogP contribution >= 0.6 is 0 Å². The number of likely N-dealkylation sites (N-methyl/N-ethyl adjacent to an activating group) is 1. The Hall–Kier alpha value is -3.07. The number of Topliss-reactive ketones (excluding diaryl/α,β-unsaturated/α-hetero) is 2. The molecular formula is C26H34N6O3. The minimum Gasteiger partial charge on any atom is -0.476 e. The quantitative estimate of drug-likeness (QED) is 0.630. The number of carbonyl (C=O) groups is 2. The second-order valence-electron chi connectivity index (χ2n) is 10.2. The molecule has 3 aliphatic rings. The first kappa shape index (κ1) is 23.7. The Morgan fingerprint density at radius 3 is 2.69 bits per heavy atom. The van der Waals surface area contributed by atoms with Crippen LogP contribution in [0.25, 0.3) is 11.4 Å². The Bertz CT molecular complexity index is 1170. The highest BCUT2D eigenvalue weighted by molar-refractivity contribution is 6.08. The van der Waals surface area contributed by atoms with E-state index in [0.717, 1.165) is 38.6 Å². The molecule has 1 spiro atoms. The molecule has 0 radical (unpaired) electrons. The maximum Gasteiger partial charge on any atom is 0.228 e. The molecule has 9 heteroatoms. The third kappa shape index (κ3) is 4.49. The van der Waals surface area contributed by atoms with Gasteiger partial charge in [-0.25, -0.2) is 4.98 Å². The fraction of sp³-hybridized carbons (Fsp3) is 0.577. The lowest BCUT2D eigenvalue weighted by Crippen LogP contribution is -2.42. The number of ketones is 2. The van der Waals surface area contributed by atoms with Gasteiger partial charge in [-0.05, 0) is 64.6 Å². The third-order valence-electron chi connectivity index (χ3n) is 7.91. The van der Waals surface area contributed by atoms with Gasteiger partial charge in [0, 0.05) is 43.0 Å². The van der Waals surface area contributed by atoms with Crippen LogP contribution in [0.4, 0.5) is 0 Å². The normalized spacial score (nSPS) is 25.4. The monoisotopic (exact) mass is 478 g/mol. The van der Waals surface area contributed by atoms with Crippen molar-refractivity contribution in [3.05, 3.63) is 35.4 Å². The zero-order valence-electron chi connectivity index (χ0n) is 20.6. The highest BCUT2D eigenvalue weighted by atomic mass is 16.5. The molecule has 0 unspecified atom stereocenters. The van der Waals surface area contributed by atoms with Gasteiger partial charge in [-0.1, -0.05) is 6.42 Å². The average Bonchev–Trinajstić information content (AvgIpc) is 3.48. The summed E-state index contributed by atoms with van der Waals surface area (Å²) in [5.41, 5.74) is 7.96. The van der Waals surface area contributed by atoms with Crippen molar-refractivity contribution in [3.63, 3.8) is 0 Å². The summed E-state index contributed by atoms with van der Waals surface area (Å²) in [6, 6.07) is 3.89. The van der Waals surface area contributed by atoms with Crippen LogP contribution in [0.1, 0.15) is 68.4 Å². The van der Waals surface area contributed by atoms with E-state index in [-0.39, 0.29) is 17.4 Å². The summed E-state index contributed by atoms with van der Waals surface area (Å²) in [5.74, 6) is 0.239. The van der Waals surface area contributed by atoms with Gasteiger partial charge in [0.25, 0.3) is 0 Å². The molecule has 2 aliphatic carbocycles. The van der Waals surface area contributed by atoms with E-state index < -0.39 is 5.41 Å². The molecule has 2 aromatic heterocycles. The van der Waals surface area contributed by atoms with Crippen LogP contribution in [0.2, 0.25) is 0 Å². The largest absolute Gasteiger partial charge is 0.476 e. The maximum atomic E-state index is 13.7. The molecule has 1 saturated carbocycles. The van der Waals surface area contributed by atoms with Gasteiger partial charge in [0.05, 0.1) is 11.1 Å². The van der Waals surface area contributed by atoms with Gasteiger partial charge < -0.3 is 15.4 Å². The highest BCUT2D eigenvalue weighted by Crippen LogP contribution is 2.47. The van der Waals surface area contributed by atoms with E-state index in [4.69, 9.17) is 10.5 Å². The van der Waals surface area contributed by atoms with Crippen molar-refractivity contribution in [2.24, 2.45) is 18.2 Å². The Balaban J connectivity index is 1.50. The number of likely N-dealkylation sites (tertiary alicyclic amines) is 1. The molecule has 1 aliphatic heterocycles. The highest BCUT2D eigenvalue weighted by Gasteiger charge is 2.46. The first-order valence-corrected chi connectivity index (χ1v) is 12.7. The molecule has 1 saturated heterocycles. The van der Waals surface area contributed by atoms with E-state index in [2.05, 4.69) is 27.0 Å². The Kier molecular flexibility index (Phi) is 6.44. The van der Waals surface area contributed by atoms with E-state index in [1.807, 2.05) is 19.3 Å². The van der Waals surface area contributed by atoms with Crippen LogP contribution < -0.4 is 10.5 Å². The van der Waals surface area contributed by atoms with Crippen molar-refractivity contribution in [2.45, 2.75) is 63.8 Å². The number of nitrogens with zero attached hydrogens (tertiary/aromatic N) is 5. The van der Waals surface area contributed by atoms with Gasteiger partial charge >= 0.3 is 0 Å². The van der Waals surface area contributed by atoms with Gasteiger partial charge in [0.15, 0.2) is 0 Å². The van der Waals surface area contributed by atoms with Crippen LogP contribution in [0, 0.1) is 5.41 Å². The molecule has 5 rings (SSSR count). The van der Waals surface area contributed by atoms with Crippen molar-refractivity contribution >= 4 is 11.6 Å². The van der Waals surface area contributed by atoms with Crippen molar-refractivity contribution < 1.29 is 14.3 Å². The van der Waals surface area contributed by atoms with Gasteiger partial charge in [-0.2, -0.15) is 10.1 Å². The summed E-state index contributed by atoms with van der Waals surface area (Å²) in [4.78, 5) is 38.0. The Morgan fingerprint density at radius 2 is 1.97 bits per heavy atom. The maximum absolute atomic E-state index is 13.7. The SMILES string of the molecule is CN1CCC[C@H]1COc1cc(-c2ccn(C)n2)nc(C(=O)C2=C(N)[C@]3(CCCCC3=O)CCC2)n1. The number of ether oxygens (including phenoxy) is 1. The zero-order chi connectivity index (χ0) is 24.6. The molecule has 186 valence electrons. The molecule has 9 nitrogen and oxygen atoms in total. The summed E-state index contributed by atoms with van der Waals surface area (Å²) in [6.07, 6.45) is 9.12. The van der Waals surface area contributed by atoms with E-state index in [1.54, 1.807) is 10.7 Å². The standard InChI is InChI=1S/C26H34N6O3/c1-31-13-6-7-17(31)16-35-22-15-20(19-10-14-32(2)30-19)28-25(29-22)23(34)18-8-5-12-26(24(18)27)11-4-3-9-21(26)33/h10,14-15,17H,3-9,11-13,16,27H2,1-2H3/t17-,26+/m0/s1. The number of hydrogen-bond donors (Lipinski definition) is 1. The lowest BCUT2D eigenvalue weighted by atomic mass is 9.64. The van der Waals surface area contributed by atoms with Crippen LogP contribution in [-0.2, 0) is 11.8 Å². The second kappa shape index (κ2) is 9.53. The van der Waals surface area contributed by atoms with Gasteiger partial charge in [-0.3, -0.25) is 14.3 Å². The Labute approximate surface area is 205 Å². The molecule has 0 amide bonds. The summed E-state index contributed by atoms with van der Waals surface area (Å²) < 4.78 is 7.77. The van der Waals surface area contributed by atoms with E-state index >= 15 is 0 Å². The fourth-order valence-corrected chi connectivity index (χ4v) is 5.79. The van der Waals surface area contributed by atoms with Crippen LogP contribution in [-0.4, -0.2) is 62.5 Å². The van der Waals surface area contributed by atoms with E-state index in [0.29, 0.717) is 66.9 Å². The first-order chi connectivity index (χ1) is 16.9. The number of carbonyl (C=O) groups excluding carboxylic acids is 2. The van der Waals surface area contributed by atoms with E-state index in [1.165, 1.54) is 0 Å². The molecule has 0 bridgehead atoms. The smallest absolute Gasteiger partial charge is 0.228 e. The number of nitrogens with two attached hydrogens (primary N) is 1. The second-order valence-corrected chi connectivity index (χ2v) is 10.2. The lowest BCUT2D eigenvalue weighted by molar-refractivity contribution is -0.129. The van der Waals surface area contributed by atoms with Crippen molar-refractivity contribution in [3.8, 4) is 17.3 Å².